The molecule has 0 saturated carbocycles. The number of rotatable bonds is 3. The van der Waals surface area contributed by atoms with Crippen LogP contribution in [0.2, 0.25) is 0 Å². The van der Waals surface area contributed by atoms with Crippen LogP contribution in [-0.4, -0.2) is 34.0 Å². The number of likely N-dealkylation sites (tertiary alicyclic amines) is 1. The van der Waals surface area contributed by atoms with Gasteiger partial charge in [-0.05, 0) is 68.7 Å². The summed E-state index contributed by atoms with van der Waals surface area (Å²) in [6.07, 6.45) is 3.53. The van der Waals surface area contributed by atoms with Crippen molar-refractivity contribution in [2.24, 2.45) is 0 Å². The van der Waals surface area contributed by atoms with Gasteiger partial charge in [0.15, 0.2) is 0 Å². The van der Waals surface area contributed by atoms with Crippen LogP contribution < -0.4 is 0 Å². The maximum Gasteiger partial charge on any atom is 0.253 e. The molecule has 3 heterocycles. The fourth-order valence-electron chi connectivity index (χ4n) is 3.88. The molecule has 0 unspecified atom stereocenters. The van der Waals surface area contributed by atoms with E-state index in [0.29, 0.717) is 24.6 Å². The van der Waals surface area contributed by atoms with Crippen molar-refractivity contribution in [3.8, 4) is 11.1 Å². The highest BCUT2D eigenvalue weighted by Crippen LogP contribution is 2.32. The summed E-state index contributed by atoms with van der Waals surface area (Å²) in [5, 5.41) is 4.04. The molecule has 1 aliphatic rings. The lowest BCUT2D eigenvalue weighted by Gasteiger charge is -2.32. The van der Waals surface area contributed by atoms with Gasteiger partial charge in [-0.3, -0.25) is 9.78 Å². The molecule has 2 aromatic heterocycles. The van der Waals surface area contributed by atoms with Crippen LogP contribution in [0.3, 0.4) is 0 Å². The Hall–Kier alpha value is -3.02. The number of amides is 1. The third-order valence-electron chi connectivity index (χ3n) is 5.39. The summed E-state index contributed by atoms with van der Waals surface area (Å²) in [6, 6.07) is 9.81. The van der Waals surface area contributed by atoms with E-state index < -0.39 is 0 Å². The van der Waals surface area contributed by atoms with Crippen molar-refractivity contribution < 1.29 is 13.7 Å². The van der Waals surface area contributed by atoms with E-state index in [4.69, 9.17) is 4.52 Å². The molecule has 1 aromatic carbocycles. The smallest absolute Gasteiger partial charge is 0.253 e. The van der Waals surface area contributed by atoms with E-state index >= 15 is 0 Å². The van der Waals surface area contributed by atoms with Crippen LogP contribution in [0.25, 0.3) is 11.1 Å². The zero-order valence-electron chi connectivity index (χ0n) is 16.0. The highest BCUT2D eigenvalue weighted by molar-refractivity contribution is 5.94. The Morgan fingerprint density at radius 2 is 1.86 bits per heavy atom. The zero-order valence-corrected chi connectivity index (χ0v) is 16.0. The minimum atomic E-state index is -0.334. The number of hydrogen-bond donors (Lipinski definition) is 0. The van der Waals surface area contributed by atoms with E-state index in [2.05, 4.69) is 16.2 Å². The first-order valence-electron chi connectivity index (χ1n) is 9.47. The van der Waals surface area contributed by atoms with Crippen molar-refractivity contribution in [1.29, 1.82) is 0 Å². The molecule has 0 aliphatic carbocycles. The number of aromatic nitrogens is 2. The second kappa shape index (κ2) is 7.54. The van der Waals surface area contributed by atoms with Gasteiger partial charge in [-0.2, -0.15) is 0 Å². The summed E-state index contributed by atoms with van der Waals surface area (Å²) in [6.45, 7) is 5.18. The van der Waals surface area contributed by atoms with Gasteiger partial charge in [0.05, 0.1) is 5.69 Å². The third kappa shape index (κ3) is 3.54. The van der Waals surface area contributed by atoms with Gasteiger partial charge in [0.25, 0.3) is 5.91 Å². The van der Waals surface area contributed by atoms with E-state index in [1.165, 1.54) is 12.1 Å². The average molecular weight is 379 g/mol. The van der Waals surface area contributed by atoms with E-state index in [1.807, 2.05) is 31.0 Å². The number of carbonyl (C=O) groups is 1. The first kappa shape index (κ1) is 18.3. The molecule has 0 bridgehead atoms. The number of pyridine rings is 1. The molecule has 144 valence electrons. The fraction of sp³-hybridized carbons (Fsp3) is 0.318. The van der Waals surface area contributed by atoms with E-state index in [1.54, 1.807) is 12.1 Å². The number of benzene rings is 1. The van der Waals surface area contributed by atoms with Crippen LogP contribution in [0, 0.1) is 19.7 Å². The van der Waals surface area contributed by atoms with Crippen LogP contribution in [0.4, 0.5) is 4.39 Å². The zero-order chi connectivity index (χ0) is 19.7. The minimum Gasteiger partial charge on any atom is -0.361 e. The Morgan fingerprint density at radius 1 is 1.14 bits per heavy atom. The molecule has 1 aliphatic heterocycles. The third-order valence-corrected chi connectivity index (χ3v) is 5.39. The number of nitrogens with zero attached hydrogens (tertiary/aromatic N) is 3. The standard InChI is InChI=1S/C22H22FN3O2/c1-14-21(15(2)28-25-14)18-7-10-24-20(13-18)16-8-11-26(12-9-16)22(27)17-3-5-19(23)6-4-17/h3-7,10,13,16H,8-9,11-12H2,1-2H3. The summed E-state index contributed by atoms with van der Waals surface area (Å²) in [5.41, 5.74) is 4.51. The molecule has 3 aromatic rings. The predicted molar refractivity (Wildman–Crippen MR) is 103 cm³/mol. The maximum absolute atomic E-state index is 13.1. The largest absolute Gasteiger partial charge is 0.361 e. The topological polar surface area (TPSA) is 59.2 Å². The quantitative estimate of drug-likeness (QED) is 0.672. The SMILES string of the molecule is Cc1noc(C)c1-c1ccnc(C2CCN(C(=O)c3ccc(F)cc3)CC2)c1. The molecule has 4 rings (SSSR count). The van der Waals surface area contributed by atoms with Crippen molar-refractivity contribution in [2.75, 3.05) is 13.1 Å². The first-order chi connectivity index (χ1) is 13.5. The lowest BCUT2D eigenvalue weighted by molar-refractivity contribution is 0.0712. The van der Waals surface area contributed by atoms with Crippen molar-refractivity contribution >= 4 is 5.91 Å². The Morgan fingerprint density at radius 3 is 2.50 bits per heavy atom. The van der Waals surface area contributed by atoms with Gasteiger partial charge < -0.3 is 9.42 Å². The molecular formula is C22H22FN3O2. The molecule has 1 fully saturated rings. The van der Waals surface area contributed by atoms with Gasteiger partial charge >= 0.3 is 0 Å². The van der Waals surface area contributed by atoms with Crippen LogP contribution in [-0.2, 0) is 0 Å². The molecular weight excluding hydrogens is 357 g/mol. The van der Waals surface area contributed by atoms with Crippen molar-refractivity contribution in [2.45, 2.75) is 32.6 Å². The van der Waals surface area contributed by atoms with Crippen LogP contribution in [0.15, 0.2) is 47.1 Å². The average Bonchev–Trinajstić information content (AvgIpc) is 3.06. The number of piperidine rings is 1. The summed E-state index contributed by atoms with van der Waals surface area (Å²) < 4.78 is 18.4. The predicted octanol–water partition coefficient (Wildman–Crippen LogP) is 4.51. The molecule has 0 radical (unpaired) electrons. The monoisotopic (exact) mass is 379 g/mol. The van der Waals surface area contributed by atoms with Crippen molar-refractivity contribution in [3.63, 3.8) is 0 Å². The molecule has 0 N–H and O–H groups in total. The van der Waals surface area contributed by atoms with Gasteiger partial charge in [0.2, 0.25) is 0 Å². The maximum atomic E-state index is 13.1. The Kier molecular flexibility index (Phi) is 4.94. The number of hydrogen-bond acceptors (Lipinski definition) is 4. The summed E-state index contributed by atoms with van der Waals surface area (Å²) in [5.74, 6) is 0.724. The molecule has 0 atom stereocenters. The lowest BCUT2D eigenvalue weighted by Crippen LogP contribution is -2.38. The summed E-state index contributed by atoms with van der Waals surface area (Å²) in [7, 11) is 0. The van der Waals surface area contributed by atoms with Gasteiger partial charge in [-0.1, -0.05) is 5.16 Å². The van der Waals surface area contributed by atoms with Gasteiger partial charge in [0, 0.05) is 42.0 Å². The van der Waals surface area contributed by atoms with Gasteiger partial charge in [0.1, 0.15) is 11.6 Å². The Balaban J connectivity index is 1.46. The lowest BCUT2D eigenvalue weighted by atomic mass is 9.91. The van der Waals surface area contributed by atoms with E-state index in [9.17, 15) is 9.18 Å². The van der Waals surface area contributed by atoms with Crippen LogP contribution in [0.5, 0.6) is 0 Å². The summed E-state index contributed by atoms with van der Waals surface area (Å²) in [4.78, 5) is 19.0. The van der Waals surface area contributed by atoms with E-state index in [-0.39, 0.29) is 11.7 Å². The van der Waals surface area contributed by atoms with Crippen molar-refractivity contribution in [1.82, 2.24) is 15.0 Å². The van der Waals surface area contributed by atoms with Gasteiger partial charge in [-0.25, -0.2) is 4.39 Å². The number of carbonyl (C=O) groups excluding carboxylic acids is 1. The molecule has 6 heteroatoms. The van der Waals surface area contributed by atoms with Crippen molar-refractivity contribution in [3.05, 3.63) is 71.1 Å². The Bertz CT molecular complexity index is 970. The van der Waals surface area contributed by atoms with Crippen LogP contribution in [0.1, 0.15) is 46.3 Å². The minimum absolute atomic E-state index is 0.0455. The first-order valence-corrected chi connectivity index (χ1v) is 9.47. The molecule has 0 spiro atoms. The highest BCUT2D eigenvalue weighted by atomic mass is 19.1. The number of halogens is 1. The van der Waals surface area contributed by atoms with E-state index in [0.717, 1.165) is 41.1 Å². The number of aryl methyl sites for hydroxylation is 2. The fourth-order valence-corrected chi connectivity index (χ4v) is 3.88. The second-order valence-corrected chi connectivity index (χ2v) is 7.24. The molecule has 1 amide bonds. The molecule has 5 nitrogen and oxygen atoms in total. The van der Waals surface area contributed by atoms with Crippen LogP contribution >= 0.6 is 0 Å². The normalized spacial score (nSPS) is 15.0. The molecule has 1 saturated heterocycles. The molecule has 28 heavy (non-hydrogen) atoms. The van der Waals surface area contributed by atoms with Gasteiger partial charge in [-0.15, -0.1) is 0 Å². The summed E-state index contributed by atoms with van der Waals surface area (Å²) >= 11 is 0. The highest BCUT2D eigenvalue weighted by Gasteiger charge is 2.26. The Labute approximate surface area is 163 Å². The second-order valence-electron chi connectivity index (χ2n) is 7.24.